The SMILES string of the molecule is CCCCCC/C=C\C=C/CCCCCCCC(=O)O[C@H](COC(=O)CCCCCCCCCC(C)C)COP(=O)(O)OCC(O)COP(=O)(O)OC[C@@H](COC(=O)CCCCCCCCCC(C)C)OC(=O)CCCCCCC/C=C\C=C/CCCCCC. The third kappa shape index (κ3) is 63.8. The number of hydrogen-bond donors (Lipinski definition) is 3. The van der Waals surface area contributed by atoms with E-state index in [4.69, 9.17) is 37.0 Å². The van der Waals surface area contributed by atoms with Crippen LogP contribution in [0.3, 0.4) is 0 Å². The lowest BCUT2D eigenvalue weighted by atomic mass is 10.0. The van der Waals surface area contributed by atoms with Gasteiger partial charge in [0.1, 0.15) is 19.3 Å². The van der Waals surface area contributed by atoms with Gasteiger partial charge in [-0.2, -0.15) is 0 Å². The normalized spacial score (nSPS) is 14.5. The molecule has 0 saturated carbocycles. The molecule has 0 amide bonds. The lowest BCUT2D eigenvalue weighted by Gasteiger charge is -2.21. The molecule has 0 heterocycles. The quantitative estimate of drug-likeness (QED) is 0.0169. The lowest BCUT2D eigenvalue weighted by molar-refractivity contribution is -0.161. The van der Waals surface area contributed by atoms with Crippen molar-refractivity contribution in [2.75, 3.05) is 39.6 Å². The molecular weight excluding hydrogens is 1190 g/mol. The van der Waals surface area contributed by atoms with E-state index in [1.165, 1.54) is 89.9 Å². The number of carbonyl (C=O) groups is 4. The molecule has 4 atom stereocenters. The number of hydrogen-bond acceptors (Lipinski definition) is 15. The van der Waals surface area contributed by atoms with E-state index in [2.05, 4.69) is 90.2 Å². The van der Waals surface area contributed by atoms with Crippen molar-refractivity contribution in [1.29, 1.82) is 0 Å². The van der Waals surface area contributed by atoms with Gasteiger partial charge in [-0.25, -0.2) is 9.13 Å². The Hall–Kier alpha value is -2.98. The summed E-state index contributed by atoms with van der Waals surface area (Å²) in [6, 6.07) is 0. The molecule has 0 fully saturated rings. The summed E-state index contributed by atoms with van der Waals surface area (Å²) in [6.45, 7) is 9.29. The van der Waals surface area contributed by atoms with Crippen LogP contribution < -0.4 is 0 Å². The topological polar surface area (TPSA) is 237 Å². The number of aliphatic hydroxyl groups excluding tert-OH is 1. The van der Waals surface area contributed by atoms with E-state index in [0.29, 0.717) is 37.5 Å². The highest BCUT2D eigenvalue weighted by atomic mass is 31.2. The molecular formula is C71H130O17P2. The van der Waals surface area contributed by atoms with Gasteiger partial charge >= 0.3 is 39.5 Å². The number of phosphoric acid groups is 2. The summed E-state index contributed by atoms with van der Waals surface area (Å²) in [4.78, 5) is 72.5. The Labute approximate surface area is 547 Å². The molecule has 0 aromatic carbocycles. The van der Waals surface area contributed by atoms with Crippen LogP contribution in [0.25, 0.3) is 0 Å². The van der Waals surface area contributed by atoms with Crippen molar-refractivity contribution in [2.24, 2.45) is 11.8 Å². The fourth-order valence-corrected chi connectivity index (χ4v) is 11.3. The Balaban J connectivity index is 5.31. The van der Waals surface area contributed by atoms with Crippen LogP contribution in [0.2, 0.25) is 0 Å². The third-order valence-electron chi connectivity index (χ3n) is 15.2. The second-order valence-electron chi connectivity index (χ2n) is 25.2. The van der Waals surface area contributed by atoms with Crippen LogP contribution in [0.1, 0.15) is 311 Å². The zero-order valence-electron chi connectivity index (χ0n) is 57.4. The molecule has 0 aliphatic rings. The summed E-state index contributed by atoms with van der Waals surface area (Å²) in [5, 5.41) is 10.6. The molecule has 17 nitrogen and oxygen atoms in total. The number of carbonyl (C=O) groups excluding carboxylic acids is 4. The Morgan fingerprint density at radius 1 is 0.344 bits per heavy atom. The van der Waals surface area contributed by atoms with Gasteiger partial charge in [0.05, 0.1) is 26.4 Å². The Kier molecular flexibility index (Phi) is 60.1. The molecule has 0 rings (SSSR count). The predicted octanol–water partition coefficient (Wildman–Crippen LogP) is 19.5. The number of phosphoric ester groups is 2. The van der Waals surface area contributed by atoms with Crippen LogP contribution >= 0.6 is 15.6 Å². The molecule has 2 unspecified atom stereocenters. The largest absolute Gasteiger partial charge is 0.472 e. The molecule has 0 aliphatic heterocycles. The van der Waals surface area contributed by atoms with Gasteiger partial charge < -0.3 is 33.8 Å². The number of aliphatic hydroxyl groups is 1. The van der Waals surface area contributed by atoms with Crippen molar-refractivity contribution >= 4 is 39.5 Å². The molecule has 19 heteroatoms. The summed E-state index contributed by atoms with van der Waals surface area (Å²) < 4.78 is 68.2. The number of allylic oxidation sites excluding steroid dienone is 8. The Morgan fingerprint density at radius 3 is 0.900 bits per heavy atom. The summed E-state index contributed by atoms with van der Waals surface area (Å²) in [7, 11) is -9.93. The molecule has 0 aromatic heterocycles. The first kappa shape index (κ1) is 87.0. The number of esters is 4. The summed E-state index contributed by atoms with van der Waals surface area (Å²) in [6.07, 6.45) is 53.1. The van der Waals surface area contributed by atoms with Crippen LogP contribution in [-0.2, 0) is 65.4 Å². The van der Waals surface area contributed by atoms with E-state index in [9.17, 15) is 43.2 Å². The fraction of sp³-hybridized carbons (Fsp3) is 0.831. The zero-order valence-corrected chi connectivity index (χ0v) is 59.2. The molecule has 0 radical (unpaired) electrons. The zero-order chi connectivity index (χ0) is 66.5. The number of rotatable bonds is 66. The molecule has 0 aromatic rings. The number of unbranched alkanes of at least 4 members (excludes halogenated alkanes) is 30. The van der Waals surface area contributed by atoms with Crippen molar-refractivity contribution in [1.82, 2.24) is 0 Å². The van der Waals surface area contributed by atoms with Gasteiger partial charge in [-0.15, -0.1) is 0 Å². The molecule has 0 bridgehead atoms. The lowest BCUT2D eigenvalue weighted by Crippen LogP contribution is -2.30. The predicted molar refractivity (Wildman–Crippen MR) is 363 cm³/mol. The summed E-state index contributed by atoms with van der Waals surface area (Å²) in [5.74, 6) is -0.787. The molecule has 0 spiro atoms. The van der Waals surface area contributed by atoms with Crippen LogP contribution in [0.5, 0.6) is 0 Å². The minimum absolute atomic E-state index is 0.0814. The molecule has 0 saturated heterocycles. The monoisotopic (exact) mass is 1320 g/mol. The van der Waals surface area contributed by atoms with E-state index >= 15 is 0 Å². The standard InChI is InChI=1S/C71H130O17P2/c1-7-9-11-13-15-17-19-21-23-25-27-29-35-43-49-55-70(75)87-66(59-81-68(73)53-47-41-37-31-33-39-45-51-63(3)4)61-85-89(77,78)83-57-65(72)58-84-90(79,80)86-62-67(60-82-69(74)54-48-42-38-32-34-40-46-52-64(5)6)88-71(76)56-50-44-36-30-28-26-24-22-20-18-16-14-12-10-8-2/h17-24,63-67,72H,7-16,25-62H2,1-6H3,(H,77,78)(H,79,80)/b19-17-,20-18-,23-21-,24-22-/t66-,67-/m1/s1. The number of ether oxygens (including phenoxy) is 4. The maximum absolute atomic E-state index is 13.0. The maximum atomic E-state index is 13.0. The molecule has 526 valence electrons. The molecule has 90 heavy (non-hydrogen) atoms. The first-order valence-corrected chi connectivity index (χ1v) is 38.6. The van der Waals surface area contributed by atoms with Gasteiger partial charge in [0.25, 0.3) is 0 Å². The highest BCUT2D eigenvalue weighted by molar-refractivity contribution is 7.47. The van der Waals surface area contributed by atoms with E-state index in [0.717, 1.165) is 128 Å². The second kappa shape index (κ2) is 62.2. The average molecular weight is 1320 g/mol. The van der Waals surface area contributed by atoms with Crippen molar-refractivity contribution in [2.45, 2.75) is 330 Å². The Morgan fingerprint density at radius 2 is 0.600 bits per heavy atom. The minimum Gasteiger partial charge on any atom is -0.462 e. The van der Waals surface area contributed by atoms with Gasteiger partial charge in [0, 0.05) is 25.7 Å². The second-order valence-corrected chi connectivity index (χ2v) is 28.1. The van der Waals surface area contributed by atoms with Crippen molar-refractivity contribution in [3.63, 3.8) is 0 Å². The van der Waals surface area contributed by atoms with Crippen LogP contribution in [0, 0.1) is 11.8 Å². The van der Waals surface area contributed by atoms with Gasteiger partial charge in [-0.05, 0) is 88.9 Å². The van der Waals surface area contributed by atoms with Gasteiger partial charge in [-0.1, -0.05) is 257 Å². The van der Waals surface area contributed by atoms with Gasteiger partial charge in [0.15, 0.2) is 12.2 Å². The minimum atomic E-state index is -4.96. The summed E-state index contributed by atoms with van der Waals surface area (Å²) in [5.41, 5.74) is 0. The first-order chi connectivity index (χ1) is 43.4. The van der Waals surface area contributed by atoms with Crippen molar-refractivity contribution in [3.8, 4) is 0 Å². The molecule has 3 N–H and O–H groups in total. The van der Waals surface area contributed by atoms with Gasteiger partial charge in [0.2, 0.25) is 0 Å². The van der Waals surface area contributed by atoms with E-state index < -0.39 is 97.5 Å². The smallest absolute Gasteiger partial charge is 0.462 e. The van der Waals surface area contributed by atoms with E-state index in [1.807, 2.05) is 0 Å². The average Bonchev–Trinajstić information content (AvgIpc) is 3.68. The van der Waals surface area contributed by atoms with Crippen LogP contribution in [-0.4, -0.2) is 96.7 Å². The first-order valence-electron chi connectivity index (χ1n) is 35.6. The highest BCUT2D eigenvalue weighted by Gasteiger charge is 2.30. The van der Waals surface area contributed by atoms with Gasteiger partial charge in [-0.3, -0.25) is 37.3 Å². The summed E-state index contributed by atoms with van der Waals surface area (Å²) >= 11 is 0. The highest BCUT2D eigenvalue weighted by Crippen LogP contribution is 2.45. The third-order valence-corrected chi connectivity index (χ3v) is 17.1. The fourth-order valence-electron chi connectivity index (χ4n) is 9.69. The molecule has 0 aliphatic carbocycles. The van der Waals surface area contributed by atoms with E-state index in [-0.39, 0.29) is 25.7 Å². The van der Waals surface area contributed by atoms with Crippen molar-refractivity contribution < 1.29 is 80.2 Å². The maximum Gasteiger partial charge on any atom is 0.472 e. The van der Waals surface area contributed by atoms with Crippen LogP contribution in [0.15, 0.2) is 48.6 Å². The van der Waals surface area contributed by atoms with Crippen molar-refractivity contribution in [3.05, 3.63) is 48.6 Å². The van der Waals surface area contributed by atoms with E-state index in [1.54, 1.807) is 0 Å². The van der Waals surface area contributed by atoms with Crippen LogP contribution in [0.4, 0.5) is 0 Å². The Bertz CT molecular complexity index is 1800.